The molecule has 0 saturated heterocycles. The molecule has 0 N–H and O–H groups in total. The zero-order chi connectivity index (χ0) is 16.7. The number of carbonyl (C=O) groups is 1. The third kappa shape index (κ3) is 4.73. The predicted octanol–water partition coefficient (Wildman–Crippen LogP) is 5.36. The van der Waals surface area contributed by atoms with E-state index in [2.05, 4.69) is 6.92 Å². The normalized spacial score (nSPS) is 10.4. The summed E-state index contributed by atoms with van der Waals surface area (Å²) in [6.07, 6.45) is 1.75. The lowest BCUT2D eigenvalue weighted by molar-refractivity contribution is 0.0505. The lowest BCUT2D eigenvalue weighted by Gasteiger charge is -2.09. The van der Waals surface area contributed by atoms with Gasteiger partial charge in [-0.05, 0) is 48.2 Å². The molecule has 0 aliphatic heterocycles. The molecule has 0 saturated carbocycles. The summed E-state index contributed by atoms with van der Waals surface area (Å²) in [4.78, 5) is 11.8. The van der Waals surface area contributed by atoms with Gasteiger partial charge in [0.2, 0.25) is 0 Å². The van der Waals surface area contributed by atoms with Crippen molar-refractivity contribution in [3.63, 3.8) is 0 Å². The van der Waals surface area contributed by atoms with Crippen LogP contribution in [0.5, 0.6) is 5.75 Å². The highest BCUT2D eigenvalue weighted by Crippen LogP contribution is 2.30. The number of benzene rings is 2. The monoisotopic (exact) mass is 332 g/mol. The fourth-order valence-electron chi connectivity index (χ4n) is 2.09. The number of rotatable bonds is 7. The van der Waals surface area contributed by atoms with E-state index in [9.17, 15) is 4.79 Å². The summed E-state index contributed by atoms with van der Waals surface area (Å²) in [5, 5.41) is 0.586. The quantitative estimate of drug-likeness (QED) is 0.640. The van der Waals surface area contributed by atoms with Gasteiger partial charge < -0.3 is 9.47 Å². The maximum Gasteiger partial charge on any atom is 0.338 e. The Morgan fingerprint density at radius 2 is 1.61 bits per heavy atom. The third-order valence-corrected chi connectivity index (χ3v) is 3.58. The van der Waals surface area contributed by atoms with E-state index in [1.165, 1.54) is 0 Å². The van der Waals surface area contributed by atoms with E-state index in [4.69, 9.17) is 21.1 Å². The van der Waals surface area contributed by atoms with E-state index in [1.807, 2.05) is 37.3 Å². The highest BCUT2D eigenvalue weighted by Gasteiger charge is 2.08. The lowest BCUT2D eigenvalue weighted by Crippen LogP contribution is -2.05. The maximum atomic E-state index is 11.8. The van der Waals surface area contributed by atoms with E-state index in [1.54, 1.807) is 12.1 Å². The van der Waals surface area contributed by atoms with E-state index in [-0.39, 0.29) is 5.97 Å². The SMILES string of the molecule is CCCOC(=O)c1ccc(-c2ccc(OCCC)c(Cl)c2)cc1. The molecular weight excluding hydrogens is 312 g/mol. The first-order valence-corrected chi connectivity index (χ1v) is 8.23. The van der Waals surface area contributed by atoms with Gasteiger partial charge in [-0.2, -0.15) is 0 Å². The van der Waals surface area contributed by atoms with Gasteiger partial charge >= 0.3 is 5.97 Å². The summed E-state index contributed by atoms with van der Waals surface area (Å²) in [6.45, 7) is 5.10. The first-order valence-electron chi connectivity index (χ1n) is 7.85. The van der Waals surface area contributed by atoms with Crippen LogP contribution in [0, 0.1) is 0 Å². The van der Waals surface area contributed by atoms with Crippen molar-refractivity contribution in [1.82, 2.24) is 0 Å². The van der Waals surface area contributed by atoms with Crippen molar-refractivity contribution in [2.24, 2.45) is 0 Å². The molecular formula is C19H21ClO3. The van der Waals surface area contributed by atoms with Crippen molar-refractivity contribution < 1.29 is 14.3 Å². The Bertz CT molecular complexity index is 650. The fourth-order valence-corrected chi connectivity index (χ4v) is 2.32. The van der Waals surface area contributed by atoms with Crippen LogP contribution < -0.4 is 4.74 Å². The zero-order valence-corrected chi connectivity index (χ0v) is 14.2. The Kier molecular flexibility index (Phi) is 6.48. The van der Waals surface area contributed by atoms with Gasteiger partial charge in [0.15, 0.2) is 0 Å². The third-order valence-electron chi connectivity index (χ3n) is 3.28. The molecule has 0 amide bonds. The maximum absolute atomic E-state index is 11.8. The minimum absolute atomic E-state index is 0.292. The number of hydrogen-bond donors (Lipinski definition) is 0. The molecule has 0 fully saturated rings. The van der Waals surface area contributed by atoms with Gasteiger partial charge in [-0.25, -0.2) is 4.79 Å². The summed E-state index contributed by atoms with van der Waals surface area (Å²) in [5.41, 5.74) is 2.52. The molecule has 2 aromatic carbocycles. The fraction of sp³-hybridized carbons (Fsp3) is 0.316. The summed E-state index contributed by atoms with van der Waals surface area (Å²) in [6, 6.07) is 13.0. The van der Waals surface area contributed by atoms with Crippen molar-refractivity contribution in [2.45, 2.75) is 26.7 Å². The lowest BCUT2D eigenvalue weighted by atomic mass is 10.0. The second-order valence-corrected chi connectivity index (χ2v) is 5.61. The molecule has 0 aromatic heterocycles. The Morgan fingerprint density at radius 1 is 0.957 bits per heavy atom. The molecule has 0 spiro atoms. The number of hydrogen-bond acceptors (Lipinski definition) is 3. The second kappa shape index (κ2) is 8.59. The first kappa shape index (κ1) is 17.4. The van der Waals surface area contributed by atoms with Crippen LogP contribution in [0.2, 0.25) is 5.02 Å². The average Bonchev–Trinajstić information content (AvgIpc) is 2.58. The van der Waals surface area contributed by atoms with Gasteiger partial charge in [-0.1, -0.05) is 43.6 Å². The van der Waals surface area contributed by atoms with Crippen LogP contribution in [0.4, 0.5) is 0 Å². The standard InChI is InChI=1S/C19H21ClO3/c1-3-11-22-18-10-9-16(13-17(18)20)14-5-7-15(8-6-14)19(21)23-12-4-2/h5-10,13H,3-4,11-12H2,1-2H3. The van der Waals surface area contributed by atoms with E-state index in [0.29, 0.717) is 29.5 Å². The molecule has 0 bridgehead atoms. The van der Waals surface area contributed by atoms with E-state index in [0.717, 1.165) is 24.0 Å². The molecule has 2 rings (SSSR count). The number of carbonyl (C=O) groups excluding carboxylic acids is 1. The van der Waals surface area contributed by atoms with Crippen molar-refractivity contribution in [3.05, 3.63) is 53.1 Å². The molecule has 23 heavy (non-hydrogen) atoms. The number of halogens is 1. The van der Waals surface area contributed by atoms with Crippen LogP contribution in [0.3, 0.4) is 0 Å². The smallest absolute Gasteiger partial charge is 0.338 e. The van der Waals surface area contributed by atoms with E-state index < -0.39 is 0 Å². The van der Waals surface area contributed by atoms with Crippen LogP contribution in [-0.2, 0) is 4.74 Å². The Hall–Kier alpha value is -2.00. The average molecular weight is 333 g/mol. The summed E-state index contributed by atoms with van der Waals surface area (Å²) < 4.78 is 10.7. The first-order chi connectivity index (χ1) is 11.2. The minimum Gasteiger partial charge on any atom is -0.492 e. The van der Waals surface area contributed by atoms with Gasteiger partial charge in [-0.3, -0.25) is 0 Å². The van der Waals surface area contributed by atoms with Crippen molar-refractivity contribution in [2.75, 3.05) is 13.2 Å². The molecule has 2 aromatic rings. The largest absolute Gasteiger partial charge is 0.492 e. The Labute approximate surface area is 142 Å². The summed E-state index contributed by atoms with van der Waals surface area (Å²) >= 11 is 6.25. The molecule has 0 unspecified atom stereocenters. The van der Waals surface area contributed by atoms with Gasteiger partial charge in [0.25, 0.3) is 0 Å². The van der Waals surface area contributed by atoms with E-state index >= 15 is 0 Å². The number of esters is 1. The second-order valence-electron chi connectivity index (χ2n) is 5.21. The van der Waals surface area contributed by atoms with Gasteiger partial charge in [-0.15, -0.1) is 0 Å². The van der Waals surface area contributed by atoms with Crippen LogP contribution >= 0.6 is 11.6 Å². The predicted molar refractivity (Wildman–Crippen MR) is 93.2 cm³/mol. The summed E-state index contributed by atoms with van der Waals surface area (Å²) in [5.74, 6) is 0.400. The highest BCUT2D eigenvalue weighted by molar-refractivity contribution is 6.32. The Balaban J connectivity index is 2.13. The van der Waals surface area contributed by atoms with Gasteiger partial charge in [0, 0.05) is 0 Å². The number of ether oxygens (including phenoxy) is 2. The van der Waals surface area contributed by atoms with Crippen LogP contribution in [-0.4, -0.2) is 19.2 Å². The molecule has 0 radical (unpaired) electrons. The van der Waals surface area contributed by atoms with Crippen LogP contribution in [0.25, 0.3) is 11.1 Å². The molecule has 4 heteroatoms. The molecule has 0 aliphatic carbocycles. The van der Waals surface area contributed by atoms with Crippen LogP contribution in [0.1, 0.15) is 37.0 Å². The van der Waals surface area contributed by atoms with Crippen LogP contribution in [0.15, 0.2) is 42.5 Å². The molecule has 0 aliphatic rings. The zero-order valence-electron chi connectivity index (χ0n) is 13.5. The molecule has 0 atom stereocenters. The topological polar surface area (TPSA) is 35.5 Å². The highest BCUT2D eigenvalue weighted by atomic mass is 35.5. The molecule has 122 valence electrons. The van der Waals surface area contributed by atoms with Crippen molar-refractivity contribution in [3.8, 4) is 16.9 Å². The molecule has 0 heterocycles. The van der Waals surface area contributed by atoms with Crippen molar-refractivity contribution >= 4 is 17.6 Å². The van der Waals surface area contributed by atoms with Gasteiger partial charge in [0.05, 0.1) is 23.8 Å². The van der Waals surface area contributed by atoms with Crippen molar-refractivity contribution in [1.29, 1.82) is 0 Å². The Morgan fingerprint density at radius 3 is 2.22 bits per heavy atom. The summed E-state index contributed by atoms with van der Waals surface area (Å²) in [7, 11) is 0. The molecule has 3 nitrogen and oxygen atoms in total. The minimum atomic E-state index is -0.292. The van der Waals surface area contributed by atoms with Gasteiger partial charge in [0.1, 0.15) is 5.75 Å².